The summed E-state index contributed by atoms with van der Waals surface area (Å²) >= 11 is 0. The van der Waals surface area contributed by atoms with Crippen LogP contribution in [0.1, 0.15) is 71.0 Å². The Hall–Kier alpha value is -3.45. The van der Waals surface area contributed by atoms with Gasteiger partial charge in [0, 0.05) is 12.5 Å². The van der Waals surface area contributed by atoms with Gasteiger partial charge in [-0.05, 0) is 60.7 Å². The molecule has 0 saturated heterocycles. The van der Waals surface area contributed by atoms with E-state index in [-0.39, 0.29) is 29.7 Å². The Balaban J connectivity index is 1.78. The Morgan fingerprint density at radius 2 is 1.71 bits per heavy atom. The van der Waals surface area contributed by atoms with Crippen LogP contribution in [0.2, 0.25) is 0 Å². The minimum Gasteiger partial charge on any atom is -0.508 e. The number of fused-ring (bicyclic) bond motifs is 1. The highest BCUT2D eigenvalue weighted by Crippen LogP contribution is 2.22. The topological polar surface area (TPSA) is 109 Å². The highest BCUT2D eigenvalue weighted by Gasteiger charge is 2.20. The molecule has 3 N–H and O–H groups in total. The van der Waals surface area contributed by atoms with Gasteiger partial charge in [0.15, 0.2) is 0 Å². The lowest BCUT2D eigenvalue weighted by Crippen LogP contribution is -2.40. The Morgan fingerprint density at radius 1 is 1.00 bits per heavy atom. The maximum Gasteiger partial charge on any atom is 0.336 e. The first-order chi connectivity index (χ1) is 16.9. The first-order valence-electron chi connectivity index (χ1n) is 12.2. The van der Waals surface area contributed by atoms with Gasteiger partial charge in [-0.3, -0.25) is 4.79 Å². The number of phenols is 1. The van der Waals surface area contributed by atoms with E-state index < -0.39 is 11.9 Å². The highest BCUT2D eigenvalue weighted by molar-refractivity contribution is 6.06. The third-order valence-electron chi connectivity index (χ3n) is 6.03. The number of carbonyl (C=O) groups is 2. The van der Waals surface area contributed by atoms with Gasteiger partial charge in [0.2, 0.25) is 0 Å². The number of aryl methyl sites for hydroxylation is 1. The first kappa shape index (κ1) is 26.2. The average molecular weight is 479 g/mol. The molecule has 7 nitrogen and oxygen atoms in total. The quantitative estimate of drug-likeness (QED) is 0.294. The normalized spacial score (nSPS) is 11.9. The number of hydrogen-bond acceptors (Lipinski definition) is 5. The van der Waals surface area contributed by atoms with E-state index in [2.05, 4.69) is 17.2 Å². The van der Waals surface area contributed by atoms with E-state index in [9.17, 15) is 19.8 Å². The zero-order chi connectivity index (χ0) is 25.2. The van der Waals surface area contributed by atoms with Gasteiger partial charge in [-0.15, -0.1) is 0 Å². The number of nitrogens with one attached hydrogen (secondary N) is 1. The van der Waals surface area contributed by atoms with Crippen molar-refractivity contribution in [3.05, 3.63) is 70.9 Å². The van der Waals surface area contributed by atoms with Crippen LogP contribution < -0.4 is 5.32 Å². The monoisotopic (exact) mass is 478 g/mol. The molecule has 186 valence electrons. The predicted octanol–water partition coefficient (Wildman–Crippen LogP) is 5.14. The number of amides is 1. The van der Waals surface area contributed by atoms with E-state index in [1.54, 1.807) is 37.4 Å². The second kappa shape index (κ2) is 12.9. The number of pyridine rings is 1. The van der Waals surface area contributed by atoms with Gasteiger partial charge >= 0.3 is 5.97 Å². The van der Waals surface area contributed by atoms with Crippen LogP contribution in [0.4, 0.5) is 0 Å². The number of ether oxygens (including phenoxy) is 1. The van der Waals surface area contributed by atoms with Crippen molar-refractivity contribution >= 4 is 22.8 Å². The molecule has 1 atom stereocenters. The maximum atomic E-state index is 13.0. The second-order valence-electron chi connectivity index (χ2n) is 8.87. The molecule has 0 saturated carbocycles. The van der Waals surface area contributed by atoms with Gasteiger partial charge in [0.05, 0.1) is 23.7 Å². The Kier molecular flexibility index (Phi) is 9.61. The number of benzene rings is 2. The molecule has 3 aromatic rings. The van der Waals surface area contributed by atoms with E-state index in [0.717, 1.165) is 30.4 Å². The van der Waals surface area contributed by atoms with E-state index in [1.165, 1.54) is 25.3 Å². The summed E-state index contributed by atoms with van der Waals surface area (Å²) in [5.74, 6) is -1.39. The smallest absolute Gasteiger partial charge is 0.336 e. The number of carboxylic acid groups (broad SMARTS) is 1. The standard InChI is InChI=1S/C28H34N2O5/c1-3-4-5-6-7-8-19-11-14-25-23(16-19)24(28(33)34)17-26(30-25)27(32)29-21(18-35-2)15-20-9-12-22(31)13-10-20/h9-14,16-17,21,31H,3-8,15,18H2,1-2H3,(H,29,32)(H,33,34)/t21-/m0/s1. The molecule has 0 unspecified atom stereocenters. The fourth-order valence-electron chi connectivity index (χ4n) is 4.18. The molecule has 0 aliphatic heterocycles. The molecule has 0 aliphatic carbocycles. The van der Waals surface area contributed by atoms with Crippen molar-refractivity contribution in [2.75, 3.05) is 13.7 Å². The Morgan fingerprint density at radius 3 is 2.40 bits per heavy atom. The molecule has 0 aliphatic rings. The summed E-state index contributed by atoms with van der Waals surface area (Å²) in [6, 6.07) is 13.4. The predicted molar refractivity (Wildman–Crippen MR) is 136 cm³/mol. The number of aromatic nitrogens is 1. The summed E-state index contributed by atoms with van der Waals surface area (Å²) < 4.78 is 5.26. The molecule has 0 spiro atoms. The fraction of sp³-hybridized carbons (Fsp3) is 0.393. The number of methoxy groups -OCH3 is 1. The summed E-state index contributed by atoms with van der Waals surface area (Å²) in [6.45, 7) is 2.46. The lowest BCUT2D eigenvalue weighted by atomic mass is 10.0. The molecule has 0 fully saturated rings. The van der Waals surface area contributed by atoms with Crippen LogP contribution in [0, 0.1) is 0 Å². The molecular formula is C28H34N2O5. The molecule has 1 heterocycles. The number of phenolic OH excluding ortho intramolecular Hbond substituents is 1. The van der Waals surface area contributed by atoms with Gasteiger partial charge < -0.3 is 20.3 Å². The summed E-state index contributed by atoms with van der Waals surface area (Å²) in [6.07, 6.45) is 7.23. The Labute approximate surface area is 206 Å². The molecule has 0 bridgehead atoms. The van der Waals surface area contributed by atoms with Crippen molar-refractivity contribution in [3.63, 3.8) is 0 Å². The SMILES string of the molecule is CCCCCCCc1ccc2nc(C(=O)N[C@H](COC)Cc3ccc(O)cc3)cc(C(=O)O)c2c1. The van der Waals surface area contributed by atoms with Crippen molar-refractivity contribution in [2.24, 2.45) is 0 Å². The van der Waals surface area contributed by atoms with Gasteiger partial charge in [-0.1, -0.05) is 50.8 Å². The first-order valence-corrected chi connectivity index (χ1v) is 12.2. The van der Waals surface area contributed by atoms with Crippen LogP contribution in [0.15, 0.2) is 48.5 Å². The molecule has 7 heteroatoms. The summed E-state index contributed by atoms with van der Waals surface area (Å²) in [4.78, 5) is 29.5. The molecule has 35 heavy (non-hydrogen) atoms. The highest BCUT2D eigenvalue weighted by atomic mass is 16.5. The number of aromatic hydroxyl groups is 1. The fourth-order valence-corrected chi connectivity index (χ4v) is 4.18. The molecule has 1 aromatic heterocycles. The zero-order valence-corrected chi connectivity index (χ0v) is 20.4. The maximum absolute atomic E-state index is 13.0. The number of nitrogens with zero attached hydrogens (tertiary/aromatic N) is 1. The number of carbonyl (C=O) groups excluding carboxylic acids is 1. The van der Waals surface area contributed by atoms with Gasteiger partial charge in [-0.2, -0.15) is 0 Å². The van der Waals surface area contributed by atoms with Gasteiger partial charge in [0.1, 0.15) is 11.4 Å². The van der Waals surface area contributed by atoms with E-state index in [1.807, 2.05) is 12.1 Å². The molecule has 0 radical (unpaired) electrons. The van der Waals surface area contributed by atoms with Crippen molar-refractivity contribution in [1.82, 2.24) is 10.3 Å². The minimum absolute atomic E-state index is 0.0500. The molecule has 2 aromatic carbocycles. The van der Waals surface area contributed by atoms with Crippen LogP contribution in [-0.4, -0.2) is 46.8 Å². The number of rotatable bonds is 13. The van der Waals surface area contributed by atoms with Gasteiger partial charge in [0.25, 0.3) is 5.91 Å². The van der Waals surface area contributed by atoms with Crippen LogP contribution >= 0.6 is 0 Å². The molecule has 1 amide bonds. The van der Waals surface area contributed by atoms with Crippen molar-refractivity contribution in [1.29, 1.82) is 0 Å². The van der Waals surface area contributed by atoms with E-state index in [4.69, 9.17) is 4.74 Å². The molecular weight excluding hydrogens is 444 g/mol. The third-order valence-corrected chi connectivity index (χ3v) is 6.03. The van der Waals surface area contributed by atoms with E-state index >= 15 is 0 Å². The molecule has 3 rings (SSSR count). The van der Waals surface area contributed by atoms with Crippen molar-refractivity contribution < 1.29 is 24.5 Å². The summed E-state index contributed by atoms with van der Waals surface area (Å²) in [5.41, 5.74) is 2.59. The largest absolute Gasteiger partial charge is 0.508 e. The third kappa shape index (κ3) is 7.52. The lowest BCUT2D eigenvalue weighted by molar-refractivity contribution is 0.0699. The van der Waals surface area contributed by atoms with E-state index in [0.29, 0.717) is 17.3 Å². The zero-order valence-electron chi connectivity index (χ0n) is 20.4. The lowest BCUT2D eigenvalue weighted by Gasteiger charge is -2.18. The Bertz CT molecular complexity index is 1140. The van der Waals surface area contributed by atoms with Gasteiger partial charge in [-0.25, -0.2) is 9.78 Å². The average Bonchev–Trinajstić information content (AvgIpc) is 2.84. The van der Waals surface area contributed by atoms with Crippen LogP contribution in [0.25, 0.3) is 10.9 Å². The number of hydrogen-bond donors (Lipinski definition) is 3. The summed E-state index contributed by atoms with van der Waals surface area (Å²) in [5, 5.41) is 22.8. The van der Waals surface area contributed by atoms with Crippen molar-refractivity contribution in [3.8, 4) is 5.75 Å². The second-order valence-corrected chi connectivity index (χ2v) is 8.87. The van der Waals surface area contributed by atoms with Crippen molar-refractivity contribution in [2.45, 2.75) is 57.9 Å². The minimum atomic E-state index is -1.09. The number of carboxylic acids is 1. The number of aromatic carboxylic acids is 1. The summed E-state index contributed by atoms with van der Waals surface area (Å²) in [7, 11) is 1.55. The van der Waals surface area contributed by atoms with Crippen LogP contribution in [-0.2, 0) is 17.6 Å². The van der Waals surface area contributed by atoms with Crippen LogP contribution in [0.3, 0.4) is 0 Å². The van der Waals surface area contributed by atoms with Crippen LogP contribution in [0.5, 0.6) is 5.75 Å². The number of unbranched alkanes of at least 4 members (excludes halogenated alkanes) is 4.